The van der Waals surface area contributed by atoms with Crippen LogP contribution in [-0.2, 0) is 22.6 Å². The fraction of sp³-hybridized carbons (Fsp3) is 0.480. The highest BCUT2D eigenvalue weighted by atomic mass is 127. The Balaban J connectivity index is 0.00000363. The summed E-state index contributed by atoms with van der Waals surface area (Å²) in [6, 6.07) is 18.3. The van der Waals surface area contributed by atoms with Crippen molar-refractivity contribution in [3.8, 4) is 5.75 Å². The first-order valence-electron chi connectivity index (χ1n) is 11.3. The van der Waals surface area contributed by atoms with E-state index in [2.05, 4.69) is 41.8 Å². The first-order chi connectivity index (χ1) is 15.3. The van der Waals surface area contributed by atoms with Gasteiger partial charge >= 0.3 is 0 Å². The van der Waals surface area contributed by atoms with Crippen LogP contribution in [0.2, 0.25) is 0 Å². The lowest BCUT2D eigenvalue weighted by Crippen LogP contribution is -2.38. The third-order valence-corrected chi connectivity index (χ3v) is 5.05. The molecule has 0 amide bonds. The molecule has 0 aliphatic carbocycles. The largest absolute Gasteiger partial charge is 0.489 e. The van der Waals surface area contributed by atoms with Crippen molar-refractivity contribution in [2.75, 3.05) is 39.5 Å². The van der Waals surface area contributed by atoms with Crippen molar-refractivity contribution in [2.24, 2.45) is 10.9 Å². The quantitative estimate of drug-likeness (QED) is 0.177. The fourth-order valence-corrected chi connectivity index (χ4v) is 3.33. The van der Waals surface area contributed by atoms with Crippen molar-refractivity contribution >= 4 is 29.9 Å². The number of aliphatic imine (C=N–C) groups is 1. The number of guanidine groups is 1. The van der Waals surface area contributed by atoms with Gasteiger partial charge in [0, 0.05) is 32.2 Å². The summed E-state index contributed by atoms with van der Waals surface area (Å²) in [6.07, 6.45) is 2.06. The van der Waals surface area contributed by atoms with Gasteiger partial charge in [-0.05, 0) is 43.0 Å². The van der Waals surface area contributed by atoms with Gasteiger partial charge in [0.1, 0.15) is 12.4 Å². The summed E-state index contributed by atoms with van der Waals surface area (Å²) in [7, 11) is 0. The zero-order chi connectivity index (χ0) is 21.6. The van der Waals surface area contributed by atoms with Crippen LogP contribution in [-0.4, -0.2) is 45.5 Å². The highest BCUT2D eigenvalue weighted by molar-refractivity contribution is 14.0. The van der Waals surface area contributed by atoms with E-state index in [-0.39, 0.29) is 24.0 Å². The molecule has 0 bridgehead atoms. The van der Waals surface area contributed by atoms with Crippen molar-refractivity contribution in [3.05, 3.63) is 65.7 Å². The summed E-state index contributed by atoms with van der Waals surface area (Å²) in [4.78, 5) is 4.71. The number of hydrogen-bond donors (Lipinski definition) is 2. The van der Waals surface area contributed by atoms with Gasteiger partial charge in [0.05, 0.1) is 19.8 Å². The lowest BCUT2D eigenvalue weighted by atomic mass is 10.1. The molecular formula is C25H36IN3O3. The van der Waals surface area contributed by atoms with Gasteiger partial charge in [0.25, 0.3) is 0 Å². The zero-order valence-electron chi connectivity index (χ0n) is 18.9. The van der Waals surface area contributed by atoms with Gasteiger partial charge in [-0.15, -0.1) is 24.0 Å². The van der Waals surface area contributed by atoms with Crippen molar-refractivity contribution < 1.29 is 14.2 Å². The number of nitrogens with zero attached hydrogens (tertiary/aromatic N) is 1. The van der Waals surface area contributed by atoms with Crippen LogP contribution in [0.15, 0.2) is 59.6 Å². The molecule has 32 heavy (non-hydrogen) atoms. The van der Waals surface area contributed by atoms with E-state index >= 15 is 0 Å². The Morgan fingerprint density at radius 2 is 1.94 bits per heavy atom. The third-order valence-electron chi connectivity index (χ3n) is 5.05. The molecule has 176 valence electrons. The highest BCUT2D eigenvalue weighted by Gasteiger charge is 2.15. The smallest absolute Gasteiger partial charge is 0.191 e. The first kappa shape index (κ1) is 26.4. The minimum Gasteiger partial charge on any atom is -0.489 e. The summed E-state index contributed by atoms with van der Waals surface area (Å²) in [6.45, 7) is 8.15. The Kier molecular flexibility index (Phi) is 13.1. The predicted molar refractivity (Wildman–Crippen MR) is 140 cm³/mol. The fourth-order valence-electron chi connectivity index (χ4n) is 3.33. The van der Waals surface area contributed by atoms with E-state index in [1.165, 1.54) is 0 Å². The second-order valence-corrected chi connectivity index (χ2v) is 7.70. The van der Waals surface area contributed by atoms with Crippen LogP contribution in [0.1, 0.15) is 30.9 Å². The molecule has 0 aromatic heterocycles. The minimum atomic E-state index is 0. The van der Waals surface area contributed by atoms with Crippen LogP contribution in [0.3, 0.4) is 0 Å². The van der Waals surface area contributed by atoms with Crippen LogP contribution < -0.4 is 15.4 Å². The molecule has 0 radical (unpaired) electrons. The zero-order valence-corrected chi connectivity index (χ0v) is 21.3. The number of ether oxygens (including phenoxy) is 3. The Bertz CT molecular complexity index is 783. The average molecular weight is 553 g/mol. The summed E-state index contributed by atoms with van der Waals surface area (Å²) >= 11 is 0. The molecule has 1 aliphatic heterocycles. The van der Waals surface area contributed by atoms with Crippen molar-refractivity contribution in [3.63, 3.8) is 0 Å². The predicted octanol–water partition coefficient (Wildman–Crippen LogP) is 4.38. The maximum Gasteiger partial charge on any atom is 0.191 e. The van der Waals surface area contributed by atoms with Gasteiger partial charge in [-0.3, -0.25) is 0 Å². The number of benzene rings is 2. The second-order valence-electron chi connectivity index (χ2n) is 7.70. The summed E-state index contributed by atoms with van der Waals surface area (Å²) in [5.74, 6) is 2.25. The van der Waals surface area contributed by atoms with Gasteiger partial charge in [-0.25, -0.2) is 4.99 Å². The lowest BCUT2D eigenvalue weighted by molar-refractivity contribution is 0.0888. The molecule has 1 fully saturated rings. The Morgan fingerprint density at radius 3 is 2.72 bits per heavy atom. The van der Waals surface area contributed by atoms with Gasteiger partial charge in [-0.1, -0.05) is 42.5 Å². The Hall–Kier alpha value is -1.84. The molecule has 1 saturated heterocycles. The van der Waals surface area contributed by atoms with Crippen molar-refractivity contribution in [1.82, 2.24) is 10.6 Å². The van der Waals surface area contributed by atoms with Crippen LogP contribution in [0.25, 0.3) is 0 Å². The van der Waals surface area contributed by atoms with E-state index in [1.807, 2.05) is 30.3 Å². The number of rotatable bonds is 12. The third kappa shape index (κ3) is 10.2. The molecule has 1 aliphatic rings. The van der Waals surface area contributed by atoms with E-state index in [9.17, 15) is 0 Å². The highest BCUT2D eigenvalue weighted by Crippen LogP contribution is 2.16. The summed E-state index contributed by atoms with van der Waals surface area (Å²) in [5.41, 5.74) is 2.27. The average Bonchev–Trinajstić information content (AvgIpc) is 3.33. The molecule has 6 nitrogen and oxygen atoms in total. The van der Waals surface area contributed by atoms with E-state index in [0.29, 0.717) is 19.1 Å². The summed E-state index contributed by atoms with van der Waals surface area (Å²) < 4.78 is 17.1. The molecule has 1 heterocycles. The number of hydrogen-bond acceptors (Lipinski definition) is 4. The van der Waals surface area contributed by atoms with Crippen LogP contribution in [0.4, 0.5) is 0 Å². The molecule has 1 unspecified atom stereocenters. The Labute approximate surface area is 209 Å². The molecular weight excluding hydrogens is 517 g/mol. The van der Waals surface area contributed by atoms with E-state index in [0.717, 1.165) is 75.2 Å². The molecule has 2 aromatic rings. The molecule has 0 spiro atoms. The monoisotopic (exact) mass is 553 g/mol. The topological polar surface area (TPSA) is 64.1 Å². The van der Waals surface area contributed by atoms with Crippen molar-refractivity contribution in [1.29, 1.82) is 0 Å². The summed E-state index contributed by atoms with van der Waals surface area (Å²) in [5, 5.41) is 6.68. The molecule has 2 aromatic carbocycles. The normalized spacial score (nSPS) is 15.8. The molecule has 1 atom stereocenters. The van der Waals surface area contributed by atoms with E-state index in [4.69, 9.17) is 19.2 Å². The molecule has 0 saturated carbocycles. The van der Waals surface area contributed by atoms with Gasteiger partial charge in [0.15, 0.2) is 5.96 Å². The number of halogens is 1. The minimum absolute atomic E-state index is 0. The SMILES string of the molecule is CCNC(=NCc1cccc(OCc2ccccc2)c1)NCCCOCC1CCOC1.I. The van der Waals surface area contributed by atoms with Gasteiger partial charge in [0.2, 0.25) is 0 Å². The first-order valence-corrected chi connectivity index (χ1v) is 11.3. The molecule has 3 rings (SSSR count). The number of nitrogens with one attached hydrogen (secondary N) is 2. The van der Waals surface area contributed by atoms with Crippen LogP contribution in [0, 0.1) is 5.92 Å². The second kappa shape index (κ2) is 15.9. The maximum atomic E-state index is 5.92. The lowest BCUT2D eigenvalue weighted by Gasteiger charge is -2.12. The maximum absolute atomic E-state index is 5.92. The van der Waals surface area contributed by atoms with Crippen LogP contribution >= 0.6 is 24.0 Å². The van der Waals surface area contributed by atoms with E-state index < -0.39 is 0 Å². The van der Waals surface area contributed by atoms with Gasteiger partial charge < -0.3 is 24.8 Å². The Morgan fingerprint density at radius 1 is 1.09 bits per heavy atom. The van der Waals surface area contributed by atoms with E-state index in [1.54, 1.807) is 0 Å². The molecule has 2 N–H and O–H groups in total. The van der Waals surface area contributed by atoms with Gasteiger partial charge in [-0.2, -0.15) is 0 Å². The van der Waals surface area contributed by atoms with Crippen molar-refractivity contribution in [2.45, 2.75) is 32.9 Å². The van der Waals surface area contributed by atoms with Crippen LogP contribution in [0.5, 0.6) is 5.75 Å². The standard InChI is InChI=1S/C25H35N3O3.HI/c1-2-26-25(27-13-7-14-29-18-23-12-15-30-19-23)28-17-22-10-6-11-24(16-22)31-20-21-8-4-3-5-9-21;/h3-6,8-11,16,23H,2,7,12-15,17-20H2,1H3,(H2,26,27,28);1H. The molecule has 7 heteroatoms.